The molecule has 90 valence electrons. The molecule has 0 amide bonds. The number of aromatic nitrogens is 1. The molecule has 1 N–H and O–H groups in total. The first-order valence-electron chi connectivity index (χ1n) is 5.40. The van der Waals surface area contributed by atoms with Crippen molar-refractivity contribution >= 4 is 22.6 Å². The Morgan fingerprint density at radius 2 is 2.11 bits per heavy atom. The molecule has 2 rings (SSSR count). The van der Waals surface area contributed by atoms with Gasteiger partial charge in [-0.3, -0.25) is 0 Å². The van der Waals surface area contributed by atoms with Crippen LogP contribution < -0.4 is 4.90 Å². The fourth-order valence-electron chi connectivity index (χ4n) is 1.86. The minimum Gasteiger partial charge on any atom is -0.478 e. The lowest BCUT2D eigenvalue weighted by Gasteiger charge is -2.17. The first kappa shape index (κ1) is 11.9. The summed E-state index contributed by atoms with van der Waals surface area (Å²) in [4.78, 5) is 17.1. The number of anilines is 1. The Bertz CT molecular complexity index is 644. The molecular formula is C14H12N2O2. The van der Waals surface area contributed by atoms with Crippen LogP contribution in [0.3, 0.4) is 0 Å². The lowest BCUT2D eigenvalue weighted by atomic mass is 10.1. The molecule has 0 spiro atoms. The molecule has 0 saturated heterocycles. The maximum absolute atomic E-state index is 11.1. The molecule has 0 bridgehead atoms. The van der Waals surface area contributed by atoms with Crippen molar-refractivity contribution in [2.75, 3.05) is 18.5 Å². The van der Waals surface area contributed by atoms with Crippen molar-refractivity contribution in [2.45, 2.75) is 0 Å². The number of carbonyl (C=O) groups is 1. The summed E-state index contributed by atoms with van der Waals surface area (Å²) in [6.45, 7) is 0.420. The molecule has 4 heteroatoms. The number of pyridine rings is 1. The van der Waals surface area contributed by atoms with Crippen LogP contribution in [0.1, 0.15) is 10.4 Å². The highest BCUT2D eigenvalue weighted by Crippen LogP contribution is 2.26. The molecular weight excluding hydrogens is 228 g/mol. The Hall–Kier alpha value is -2.54. The average Bonchev–Trinajstić information content (AvgIpc) is 2.37. The Morgan fingerprint density at radius 3 is 2.72 bits per heavy atom. The van der Waals surface area contributed by atoms with Gasteiger partial charge >= 0.3 is 5.97 Å². The fraction of sp³-hybridized carbons (Fsp3) is 0.143. The van der Waals surface area contributed by atoms with Crippen molar-refractivity contribution in [1.29, 1.82) is 0 Å². The van der Waals surface area contributed by atoms with E-state index in [1.807, 2.05) is 24.1 Å². The third kappa shape index (κ3) is 1.98. The molecule has 0 radical (unpaired) electrons. The van der Waals surface area contributed by atoms with Crippen molar-refractivity contribution in [3.05, 3.63) is 36.0 Å². The van der Waals surface area contributed by atoms with Crippen LogP contribution in [0, 0.1) is 12.3 Å². The number of fused-ring (bicyclic) bond motifs is 1. The Labute approximate surface area is 105 Å². The first-order valence-corrected chi connectivity index (χ1v) is 5.40. The summed E-state index contributed by atoms with van der Waals surface area (Å²) in [6.07, 6.45) is 6.64. The number of nitrogens with zero attached hydrogens (tertiary/aromatic N) is 2. The summed E-state index contributed by atoms with van der Waals surface area (Å²) in [5, 5.41) is 10.6. The number of rotatable bonds is 3. The van der Waals surface area contributed by atoms with E-state index >= 15 is 0 Å². The number of benzene rings is 1. The second-order valence-electron chi connectivity index (χ2n) is 3.91. The zero-order chi connectivity index (χ0) is 13.1. The topological polar surface area (TPSA) is 53.4 Å². The predicted molar refractivity (Wildman–Crippen MR) is 70.8 cm³/mol. The minimum absolute atomic E-state index is 0.198. The van der Waals surface area contributed by atoms with Crippen LogP contribution in [-0.4, -0.2) is 29.7 Å². The third-order valence-electron chi connectivity index (χ3n) is 2.69. The highest BCUT2D eigenvalue weighted by Gasteiger charge is 2.13. The van der Waals surface area contributed by atoms with E-state index in [1.165, 1.54) is 6.20 Å². The maximum atomic E-state index is 11.1. The second kappa shape index (κ2) is 4.76. The first-order chi connectivity index (χ1) is 8.65. The molecule has 0 aliphatic carbocycles. The fourth-order valence-corrected chi connectivity index (χ4v) is 1.86. The van der Waals surface area contributed by atoms with Gasteiger partial charge < -0.3 is 10.0 Å². The molecule has 1 heterocycles. The third-order valence-corrected chi connectivity index (χ3v) is 2.69. The Kier molecular flexibility index (Phi) is 3.16. The van der Waals surface area contributed by atoms with Gasteiger partial charge in [0.25, 0.3) is 0 Å². The number of hydrogen-bond acceptors (Lipinski definition) is 3. The molecule has 0 aliphatic rings. The predicted octanol–water partition coefficient (Wildman–Crippen LogP) is 2.00. The summed E-state index contributed by atoms with van der Waals surface area (Å²) in [5.74, 6) is 2.24. The van der Waals surface area contributed by atoms with Gasteiger partial charge in [-0.25, -0.2) is 9.78 Å². The number of carboxylic acid groups (broad SMARTS) is 1. The van der Waals surface area contributed by atoms with Gasteiger partial charge in [0.1, 0.15) is 5.82 Å². The van der Waals surface area contributed by atoms with E-state index in [0.717, 1.165) is 5.39 Å². The molecule has 18 heavy (non-hydrogen) atoms. The monoisotopic (exact) mass is 240 g/mol. The quantitative estimate of drug-likeness (QED) is 0.834. The number of hydrogen-bond donors (Lipinski definition) is 1. The number of aromatic carboxylic acids is 1. The van der Waals surface area contributed by atoms with Gasteiger partial charge in [0.2, 0.25) is 0 Å². The molecule has 1 aromatic heterocycles. The highest BCUT2D eigenvalue weighted by molar-refractivity contribution is 6.06. The summed E-state index contributed by atoms with van der Waals surface area (Å²) in [7, 11) is 1.83. The van der Waals surface area contributed by atoms with Crippen molar-refractivity contribution in [1.82, 2.24) is 4.98 Å². The smallest absolute Gasteiger partial charge is 0.337 e. The van der Waals surface area contributed by atoms with Gasteiger partial charge in [0.15, 0.2) is 0 Å². The summed E-state index contributed by atoms with van der Waals surface area (Å²) >= 11 is 0. The minimum atomic E-state index is -0.982. The van der Waals surface area contributed by atoms with Gasteiger partial charge in [0, 0.05) is 24.0 Å². The zero-order valence-corrected chi connectivity index (χ0v) is 9.92. The van der Waals surface area contributed by atoms with Gasteiger partial charge in [-0.15, -0.1) is 6.42 Å². The van der Waals surface area contributed by atoms with E-state index < -0.39 is 5.97 Å². The Morgan fingerprint density at radius 1 is 1.44 bits per heavy atom. The lowest BCUT2D eigenvalue weighted by molar-refractivity contribution is 0.0698. The van der Waals surface area contributed by atoms with Crippen LogP contribution in [-0.2, 0) is 0 Å². The SMILES string of the molecule is C#CCN(C)c1ncc(C(=O)O)c2ccccc12. The zero-order valence-electron chi connectivity index (χ0n) is 9.92. The van der Waals surface area contributed by atoms with Gasteiger partial charge in [0.05, 0.1) is 12.1 Å². The largest absolute Gasteiger partial charge is 0.478 e. The van der Waals surface area contributed by atoms with Crippen molar-refractivity contribution in [3.63, 3.8) is 0 Å². The van der Waals surface area contributed by atoms with Crippen LogP contribution in [0.15, 0.2) is 30.5 Å². The van der Waals surface area contributed by atoms with Crippen molar-refractivity contribution in [3.8, 4) is 12.3 Å². The van der Waals surface area contributed by atoms with Crippen molar-refractivity contribution in [2.24, 2.45) is 0 Å². The summed E-state index contributed by atoms with van der Waals surface area (Å²) in [6, 6.07) is 7.27. The van der Waals surface area contributed by atoms with E-state index in [9.17, 15) is 4.79 Å². The van der Waals surface area contributed by atoms with Crippen LogP contribution in [0.5, 0.6) is 0 Å². The Balaban J connectivity index is 2.69. The molecule has 0 atom stereocenters. The van der Waals surface area contributed by atoms with E-state index in [-0.39, 0.29) is 5.56 Å². The molecule has 0 saturated carbocycles. The van der Waals surface area contributed by atoms with Gasteiger partial charge in [-0.1, -0.05) is 30.2 Å². The second-order valence-corrected chi connectivity index (χ2v) is 3.91. The maximum Gasteiger partial charge on any atom is 0.337 e. The molecule has 1 aromatic carbocycles. The highest BCUT2D eigenvalue weighted by atomic mass is 16.4. The van der Waals surface area contributed by atoms with E-state index in [2.05, 4.69) is 10.9 Å². The standard InChI is InChI=1S/C14H12N2O2/c1-3-8-16(2)13-11-7-5-4-6-10(11)12(9-15-13)14(17)18/h1,4-7,9H,8H2,2H3,(H,17,18). The summed E-state index contributed by atoms with van der Waals surface area (Å²) < 4.78 is 0. The van der Waals surface area contributed by atoms with Crippen molar-refractivity contribution < 1.29 is 9.90 Å². The molecule has 2 aromatic rings. The average molecular weight is 240 g/mol. The van der Waals surface area contributed by atoms with Crippen LogP contribution in [0.25, 0.3) is 10.8 Å². The molecule has 0 fully saturated rings. The van der Waals surface area contributed by atoms with Gasteiger partial charge in [-0.2, -0.15) is 0 Å². The number of terminal acetylenes is 1. The molecule has 0 aliphatic heterocycles. The lowest BCUT2D eigenvalue weighted by Crippen LogP contribution is -2.19. The van der Waals surface area contributed by atoms with Crippen LogP contribution >= 0.6 is 0 Å². The van der Waals surface area contributed by atoms with E-state index in [1.54, 1.807) is 12.1 Å². The van der Waals surface area contributed by atoms with Crippen LogP contribution in [0.4, 0.5) is 5.82 Å². The van der Waals surface area contributed by atoms with E-state index in [0.29, 0.717) is 17.7 Å². The summed E-state index contributed by atoms with van der Waals surface area (Å²) in [5.41, 5.74) is 0.198. The van der Waals surface area contributed by atoms with E-state index in [4.69, 9.17) is 11.5 Å². The molecule has 0 unspecified atom stereocenters. The van der Waals surface area contributed by atoms with Crippen LogP contribution in [0.2, 0.25) is 0 Å². The molecule has 4 nitrogen and oxygen atoms in total. The normalized spacial score (nSPS) is 10.0. The van der Waals surface area contributed by atoms with Gasteiger partial charge in [-0.05, 0) is 0 Å². The number of carboxylic acids is 1.